The Labute approximate surface area is 303 Å². The van der Waals surface area contributed by atoms with Crippen molar-refractivity contribution >= 4 is 47.4 Å². The minimum atomic E-state index is -0.692. The van der Waals surface area contributed by atoms with Gasteiger partial charge in [-0.15, -0.1) is 0 Å². The van der Waals surface area contributed by atoms with E-state index in [1.54, 1.807) is 19.2 Å². The van der Waals surface area contributed by atoms with E-state index >= 15 is 0 Å². The summed E-state index contributed by atoms with van der Waals surface area (Å²) >= 11 is 2.50. The summed E-state index contributed by atoms with van der Waals surface area (Å²) < 4.78 is 28.6. The van der Waals surface area contributed by atoms with Crippen LogP contribution in [0, 0.1) is 35.0 Å². The van der Waals surface area contributed by atoms with Crippen LogP contribution >= 0.6 is 23.5 Å². The minimum absolute atomic E-state index is 0.0187. The van der Waals surface area contributed by atoms with Gasteiger partial charge in [0.1, 0.15) is 24.0 Å². The predicted molar refractivity (Wildman–Crippen MR) is 188 cm³/mol. The summed E-state index contributed by atoms with van der Waals surface area (Å²) in [4.78, 5) is 53.1. The van der Waals surface area contributed by atoms with Crippen molar-refractivity contribution in [2.75, 3.05) is 13.7 Å². The predicted octanol–water partition coefficient (Wildman–Crippen LogP) is 7.91. The first-order valence-electron chi connectivity index (χ1n) is 18.1. The molecule has 3 saturated carbocycles. The molecule has 1 aromatic carbocycles. The highest BCUT2D eigenvalue weighted by molar-refractivity contribution is 8.24. The molecule has 0 bridgehead atoms. The van der Waals surface area contributed by atoms with Crippen LogP contribution in [0.2, 0.25) is 0 Å². The van der Waals surface area contributed by atoms with Gasteiger partial charge in [-0.2, -0.15) is 5.26 Å². The Kier molecular flexibility index (Phi) is 14.1. The van der Waals surface area contributed by atoms with Gasteiger partial charge in [-0.25, -0.2) is 4.79 Å². The molecule has 1 aliphatic heterocycles. The molecule has 3 aliphatic carbocycles. The van der Waals surface area contributed by atoms with E-state index < -0.39 is 5.97 Å². The third kappa shape index (κ3) is 10.1. The molecule has 0 aromatic heterocycles. The summed E-state index contributed by atoms with van der Waals surface area (Å²) in [6.07, 6.45) is 10.3. The van der Waals surface area contributed by atoms with Gasteiger partial charge in [0.2, 0.25) is 0 Å². The molecule has 1 unspecified atom stereocenters. The fourth-order valence-electron chi connectivity index (χ4n) is 7.11. The lowest BCUT2D eigenvalue weighted by Gasteiger charge is -2.32. The van der Waals surface area contributed by atoms with Crippen LogP contribution in [0.1, 0.15) is 104 Å². The molecule has 1 aromatic rings. The number of hydrogen-bond acceptors (Lipinski definition) is 12. The van der Waals surface area contributed by atoms with Crippen molar-refractivity contribution < 1.29 is 42.9 Å². The number of benzene rings is 1. The normalized spacial score (nSPS) is 28.0. The van der Waals surface area contributed by atoms with Crippen LogP contribution in [0.25, 0.3) is 0 Å². The largest absolute Gasteiger partial charge is 0.462 e. The van der Waals surface area contributed by atoms with E-state index in [1.165, 1.54) is 29.9 Å². The second-order valence-corrected chi connectivity index (χ2v) is 16.2. The van der Waals surface area contributed by atoms with Crippen molar-refractivity contribution in [3.8, 4) is 11.8 Å². The van der Waals surface area contributed by atoms with Crippen molar-refractivity contribution in [2.45, 2.75) is 132 Å². The van der Waals surface area contributed by atoms with Crippen molar-refractivity contribution in [2.24, 2.45) is 23.7 Å². The van der Waals surface area contributed by atoms with Crippen LogP contribution in [0.5, 0.6) is 5.75 Å². The molecule has 0 amide bonds. The van der Waals surface area contributed by atoms with Gasteiger partial charge >= 0.3 is 23.9 Å². The van der Waals surface area contributed by atoms with Crippen molar-refractivity contribution in [1.82, 2.24) is 0 Å². The van der Waals surface area contributed by atoms with Gasteiger partial charge in [0.25, 0.3) is 0 Å². The standard InChI is InChI=1S/C38H49NO9S2/c1-4-24-8-10-25(11-9-24)34(40)46-28-16-12-26(13-17-28)35(41)47-29-18-14-27(15-19-29)36(42)48-31-6-5-7-32-33(31)50-38(49-32)30(22-39)37(43)45-21-20-23(2)44-3/h5-7,23-29H,4,8-21H2,1-3H3/b38-30-. The lowest BCUT2D eigenvalue weighted by Crippen LogP contribution is -2.34. The summed E-state index contributed by atoms with van der Waals surface area (Å²) in [6, 6.07) is 7.32. The van der Waals surface area contributed by atoms with E-state index in [0.29, 0.717) is 72.7 Å². The molecule has 0 spiro atoms. The molecule has 50 heavy (non-hydrogen) atoms. The molecule has 0 N–H and O–H groups in total. The van der Waals surface area contributed by atoms with Crippen LogP contribution in [0.3, 0.4) is 0 Å². The van der Waals surface area contributed by atoms with Crippen LogP contribution in [-0.2, 0) is 38.1 Å². The molecule has 12 heteroatoms. The van der Waals surface area contributed by atoms with E-state index in [0.717, 1.165) is 36.5 Å². The Morgan fingerprint density at radius 3 is 1.92 bits per heavy atom. The maximum absolute atomic E-state index is 13.2. The number of carbonyl (C=O) groups excluding carboxylic acids is 4. The molecule has 1 atom stereocenters. The number of nitrogens with zero attached hydrogens (tertiary/aromatic N) is 1. The fraction of sp³-hybridized carbons (Fsp3) is 0.658. The van der Waals surface area contributed by atoms with Crippen molar-refractivity contribution in [3.05, 3.63) is 28.0 Å². The first-order chi connectivity index (χ1) is 24.2. The molecule has 0 saturated heterocycles. The number of carbonyl (C=O) groups is 4. The Morgan fingerprint density at radius 2 is 1.38 bits per heavy atom. The topological polar surface area (TPSA) is 138 Å². The summed E-state index contributed by atoms with van der Waals surface area (Å²) in [5.74, 6) is -0.664. The van der Waals surface area contributed by atoms with Gasteiger partial charge in [0.15, 0.2) is 5.57 Å². The molecule has 1 heterocycles. The van der Waals surface area contributed by atoms with Crippen LogP contribution < -0.4 is 4.74 Å². The Balaban J connectivity index is 1.04. The highest BCUT2D eigenvalue weighted by Gasteiger charge is 2.36. The summed E-state index contributed by atoms with van der Waals surface area (Å²) in [5, 5.41) is 9.73. The number of hydrogen-bond donors (Lipinski definition) is 0. The zero-order chi connectivity index (χ0) is 35.6. The highest BCUT2D eigenvalue weighted by Crippen LogP contribution is 2.55. The zero-order valence-corrected chi connectivity index (χ0v) is 31.0. The Morgan fingerprint density at radius 1 is 0.820 bits per heavy atom. The van der Waals surface area contributed by atoms with Gasteiger partial charge in [0, 0.05) is 18.4 Å². The molecular weight excluding hydrogens is 679 g/mol. The van der Waals surface area contributed by atoms with Gasteiger partial charge in [-0.05, 0) is 102 Å². The maximum atomic E-state index is 13.2. The first-order valence-corrected chi connectivity index (χ1v) is 19.8. The number of methoxy groups -OCH3 is 1. The summed E-state index contributed by atoms with van der Waals surface area (Å²) in [7, 11) is 1.58. The van der Waals surface area contributed by atoms with Gasteiger partial charge in [0.05, 0.1) is 39.6 Å². The minimum Gasteiger partial charge on any atom is -0.462 e. The fourth-order valence-corrected chi connectivity index (χ4v) is 9.61. The number of nitriles is 1. The van der Waals surface area contributed by atoms with E-state index in [-0.39, 0.29) is 66.2 Å². The number of thioether (sulfide) groups is 2. The molecule has 3 fully saturated rings. The van der Waals surface area contributed by atoms with Gasteiger partial charge < -0.3 is 23.7 Å². The number of ether oxygens (including phenoxy) is 5. The first kappa shape index (κ1) is 38.2. The highest BCUT2D eigenvalue weighted by atomic mass is 32.2. The van der Waals surface area contributed by atoms with E-state index in [9.17, 15) is 24.4 Å². The van der Waals surface area contributed by atoms with Gasteiger partial charge in [-0.1, -0.05) is 42.9 Å². The molecule has 10 nitrogen and oxygen atoms in total. The lowest BCUT2D eigenvalue weighted by atomic mass is 9.81. The third-order valence-electron chi connectivity index (χ3n) is 10.6. The average molecular weight is 728 g/mol. The maximum Gasteiger partial charge on any atom is 0.350 e. The monoisotopic (exact) mass is 727 g/mol. The molecular formula is C38H49NO9S2. The van der Waals surface area contributed by atoms with Crippen LogP contribution in [-0.4, -0.2) is 55.9 Å². The van der Waals surface area contributed by atoms with E-state index in [4.69, 9.17) is 23.7 Å². The van der Waals surface area contributed by atoms with E-state index in [1.807, 2.05) is 19.1 Å². The molecule has 4 aliphatic rings. The molecule has 272 valence electrons. The quantitative estimate of drug-likeness (QED) is 0.0680. The third-order valence-corrected chi connectivity index (χ3v) is 13.2. The lowest BCUT2D eigenvalue weighted by molar-refractivity contribution is -0.162. The average Bonchev–Trinajstić information content (AvgIpc) is 3.57. The SMILES string of the molecule is CCC1CCC(C(=O)OC2CCC(C(=O)OC3CCC(C(=O)Oc4cccc5c4S/C(=C(/C#N)C(=O)OCCC(C)OC)S5)CC3)CC2)CC1. The number of fused-ring (bicyclic) bond motifs is 1. The molecule has 5 rings (SSSR count). The molecule has 0 radical (unpaired) electrons. The van der Waals surface area contributed by atoms with Crippen LogP contribution in [0.15, 0.2) is 37.8 Å². The van der Waals surface area contributed by atoms with E-state index in [2.05, 4.69) is 6.92 Å². The second kappa shape index (κ2) is 18.5. The summed E-state index contributed by atoms with van der Waals surface area (Å²) in [6.45, 7) is 4.22. The van der Waals surface area contributed by atoms with Crippen LogP contribution in [0.4, 0.5) is 0 Å². The number of esters is 4. The zero-order valence-electron chi connectivity index (χ0n) is 29.3. The summed E-state index contributed by atoms with van der Waals surface area (Å²) in [5.41, 5.74) is -0.0809. The Bertz CT molecular complexity index is 1450. The van der Waals surface area contributed by atoms with Gasteiger partial charge in [-0.3, -0.25) is 14.4 Å². The van der Waals surface area contributed by atoms with Crippen molar-refractivity contribution in [1.29, 1.82) is 5.26 Å². The Hall–Kier alpha value is -3.01. The number of rotatable bonds is 12. The second-order valence-electron chi connectivity index (χ2n) is 13.9. The smallest absolute Gasteiger partial charge is 0.350 e. The van der Waals surface area contributed by atoms with Crippen molar-refractivity contribution in [3.63, 3.8) is 0 Å².